The molecule has 0 aromatic carbocycles. The average Bonchev–Trinajstić information content (AvgIpc) is 1.60. The first-order valence-corrected chi connectivity index (χ1v) is 3.56. The maximum Gasteiger partial charge on any atom is 0.0646 e. The molecule has 2 unspecified atom stereocenters. The summed E-state index contributed by atoms with van der Waals surface area (Å²) in [5.74, 6) is 0. The fraction of sp³-hybridized carbons (Fsp3) is 1.00. The van der Waals surface area contributed by atoms with E-state index in [0.29, 0.717) is 6.04 Å². The fourth-order valence-electron chi connectivity index (χ4n) is 1.42. The lowest BCUT2D eigenvalue weighted by atomic mass is 9.91. The van der Waals surface area contributed by atoms with Gasteiger partial charge in [0.2, 0.25) is 0 Å². The number of aliphatic hydroxyl groups is 1. The lowest BCUT2D eigenvalue weighted by Gasteiger charge is -2.32. The monoisotopic (exact) mass is 129 g/mol. The van der Waals surface area contributed by atoms with E-state index in [1.54, 1.807) is 0 Å². The second-order valence-electron chi connectivity index (χ2n) is 3.31. The van der Waals surface area contributed by atoms with E-state index in [4.69, 9.17) is 0 Å². The van der Waals surface area contributed by atoms with Gasteiger partial charge < -0.3 is 10.4 Å². The van der Waals surface area contributed by atoms with E-state index in [1.165, 1.54) is 0 Å². The molecule has 0 aromatic rings. The zero-order chi connectivity index (χ0) is 6.91. The molecule has 2 atom stereocenters. The number of hydrogen-bond donors (Lipinski definition) is 2. The van der Waals surface area contributed by atoms with Crippen LogP contribution in [0.3, 0.4) is 0 Å². The van der Waals surface area contributed by atoms with Crippen LogP contribution in [-0.4, -0.2) is 23.3 Å². The summed E-state index contributed by atoms with van der Waals surface area (Å²) in [6, 6.07) is 0.480. The highest BCUT2D eigenvalue weighted by Gasteiger charge is 2.26. The van der Waals surface area contributed by atoms with Crippen molar-refractivity contribution in [1.29, 1.82) is 0 Å². The van der Waals surface area contributed by atoms with Gasteiger partial charge in [0.1, 0.15) is 0 Å². The van der Waals surface area contributed by atoms with Crippen molar-refractivity contribution in [2.24, 2.45) is 0 Å². The van der Waals surface area contributed by atoms with E-state index in [1.807, 2.05) is 6.92 Å². The molecule has 0 spiro atoms. The van der Waals surface area contributed by atoms with Crippen molar-refractivity contribution in [2.75, 3.05) is 6.54 Å². The molecule has 2 N–H and O–H groups in total. The number of rotatable bonds is 0. The summed E-state index contributed by atoms with van der Waals surface area (Å²) in [4.78, 5) is 0. The largest absolute Gasteiger partial charge is 0.390 e. The number of piperidine rings is 1. The normalized spacial score (nSPS) is 45.0. The van der Waals surface area contributed by atoms with Gasteiger partial charge in [-0.25, -0.2) is 0 Å². The van der Waals surface area contributed by atoms with Gasteiger partial charge in [-0.2, -0.15) is 0 Å². The zero-order valence-corrected chi connectivity index (χ0v) is 6.15. The van der Waals surface area contributed by atoms with Crippen molar-refractivity contribution in [1.82, 2.24) is 5.32 Å². The average molecular weight is 129 g/mol. The van der Waals surface area contributed by atoms with Crippen molar-refractivity contribution in [3.63, 3.8) is 0 Å². The molecule has 0 saturated carbocycles. The van der Waals surface area contributed by atoms with Crippen LogP contribution in [0.25, 0.3) is 0 Å². The molecule has 1 fully saturated rings. The van der Waals surface area contributed by atoms with Gasteiger partial charge in [0.25, 0.3) is 0 Å². The van der Waals surface area contributed by atoms with E-state index < -0.39 is 5.60 Å². The maximum atomic E-state index is 9.50. The smallest absolute Gasteiger partial charge is 0.0646 e. The minimum Gasteiger partial charge on any atom is -0.390 e. The lowest BCUT2D eigenvalue weighted by molar-refractivity contribution is 0.0162. The maximum absolute atomic E-state index is 9.50. The van der Waals surface area contributed by atoms with Gasteiger partial charge >= 0.3 is 0 Å². The van der Waals surface area contributed by atoms with Crippen molar-refractivity contribution in [3.8, 4) is 0 Å². The summed E-state index contributed by atoms with van der Waals surface area (Å²) < 4.78 is 0. The third-order valence-electron chi connectivity index (χ3n) is 1.90. The standard InChI is InChI=1S/C7H15NO/c1-6-5-7(2,9)3-4-8-6/h6,8-9H,3-5H2,1-2H3. The third kappa shape index (κ3) is 1.95. The molecule has 1 heterocycles. The van der Waals surface area contributed by atoms with Gasteiger partial charge in [0, 0.05) is 6.04 Å². The molecule has 1 aliphatic heterocycles. The predicted molar refractivity (Wildman–Crippen MR) is 37.3 cm³/mol. The van der Waals surface area contributed by atoms with Crippen LogP contribution in [0.1, 0.15) is 26.7 Å². The van der Waals surface area contributed by atoms with Gasteiger partial charge in [-0.15, -0.1) is 0 Å². The Kier molecular flexibility index (Phi) is 1.78. The summed E-state index contributed by atoms with van der Waals surface area (Å²) in [5.41, 5.74) is -0.412. The first kappa shape index (κ1) is 7.03. The van der Waals surface area contributed by atoms with Crippen LogP contribution in [0.4, 0.5) is 0 Å². The molecule has 2 heteroatoms. The Morgan fingerprint density at radius 2 is 2.33 bits per heavy atom. The summed E-state index contributed by atoms with van der Waals surface area (Å²) in [5, 5.41) is 12.8. The Hall–Kier alpha value is -0.0800. The molecular formula is C7H15NO. The molecule has 0 amide bonds. The molecule has 1 saturated heterocycles. The lowest BCUT2D eigenvalue weighted by Crippen LogP contribution is -2.44. The van der Waals surface area contributed by atoms with E-state index in [0.717, 1.165) is 19.4 Å². The molecule has 0 aliphatic carbocycles. The summed E-state index contributed by atoms with van der Waals surface area (Å²) in [6.07, 6.45) is 1.77. The van der Waals surface area contributed by atoms with E-state index in [2.05, 4.69) is 12.2 Å². The van der Waals surface area contributed by atoms with Crippen molar-refractivity contribution in [3.05, 3.63) is 0 Å². The predicted octanol–water partition coefficient (Wildman–Crippen LogP) is 0.509. The Morgan fingerprint density at radius 3 is 2.67 bits per heavy atom. The second kappa shape index (κ2) is 2.27. The summed E-state index contributed by atoms with van der Waals surface area (Å²) >= 11 is 0. The van der Waals surface area contributed by atoms with Gasteiger partial charge in [0.15, 0.2) is 0 Å². The quantitative estimate of drug-likeness (QED) is 0.499. The topological polar surface area (TPSA) is 32.3 Å². The van der Waals surface area contributed by atoms with E-state index in [9.17, 15) is 5.11 Å². The highest BCUT2D eigenvalue weighted by molar-refractivity contribution is 4.83. The van der Waals surface area contributed by atoms with E-state index in [-0.39, 0.29) is 0 Å². The van der Waals surface area contributed by atoms with Gasteiger partial charge in [0.05, 0.1) is 5.60 Å². The Labute approximate surface area is 56.3 Å². The SMILES string of the molecule is CC1CC(C)(O)CCN1. The van der Waals surface area contributed by atoms with Crippen LogP contribution in [-0.2, 0) is 0 Å². The van der Waals surface area contributed by atoms with Crippen LogP contribution in [0, 0.1) is 0 Å². The summed E-state index contributed by atoms with van der Waals surface area (Å²) in [6.45, 7) is 4.96. The van der Waals surface area contributed by atoms with E-state index >= 15 is 0 Å². The highest BCUT2D eigenvalue weighted by atomic mass is 16.3. The molecule has 1 aliphatic rings. The van der Waals surface area contributed by atoms with Crippen LogP contribution >= 0.6 is 0 Å². The van der Waals surface area contributed by atoms with Gasteiger partial charge in [-0.1, -0.05) is 0 Å². The first-order chi connectivity index (χ1) is 4.10. The second-order valence-corrected chi connectivity index (χ2v) is 3.31. The Balaban J connectivity index is 2.41. The molecule has 54 valence electrons. The van der Waals surface area contributed by atoms with Gasteiger partial charge in [-0.05, 0) is 33.2 Å². The van der Waals surface area contributed by atoms with Crippen LogP contribution in [0.15, 0.2) is 0 Å². The summed E-state index contributed by atoms with van der Waals surface area (Å²) in [7, 11) is 0. The molecule has 9 heavy (non-hydrogen) atoms. The molecule has 0 radical (unpaired) electrons. The minimum absolute atomic E-state index is 0.412. The van der Waals surface area contributed by atoms with Gasteiger partial charge in [-0.3, -0.25) is 0 Å². The first-order valence-electron chi connectivity index (χ1n) is 3.56. The van der Waals surface area contributed by atoms with Crippen molar-refractivity contribution < 1.29 is 5.11 Å². The molecular weight excluding hydrogens is 114 g/mol. The minimum atomic E-state index is -0.412. The molecule has 0 bridgehead atoms. The fourth-order valence-corrected chi connectivity index (χ4v) is 1.42. The Morgan fingerprint density at radius 1 is 1.67 bits per heavy atom. The third-order valence-corrected chi connectivity index (χ3v) is 1.90. The van der Waals surface area contributed by atoms with Crippen molar-refractivity contribution in [2.45, 2.75) is 38.3 Å². The molecule has 0 aromatic heterocycles. The zero-order valence-electron chi connectivity index (χ0n) is 6.15. The van der Waals surface area contributed by atoms with Crippen LogP contribution in [0.5, 0.6) is 0 Å². The van der Waals surface area contributed by atoms with Crippen LogP contribution in [0.2, 0.25) is 0 Å². The number of nitrogens with one attached hydrogen (secondary N) is 1. The highest BCUT2D eigenvalue weighted by Crippen LogP contribution is 2.19. The van der Waals surface area contributed by atoms with Crippen molar-refractivity contribution >= 4 is 0 Å². The molecule has 2 nitrogen and oxygen atoms in total. The van der Waals surface area contributed by atoms with Crippen LogP contribution < -0.4 is 5.32 Å². The molecule has 1 rings (SSSR count). The Bertz CT molecular complexity index is 101. The number of hydrogen-bond acceptors (Lipinski definition) is 2.